The molecule has 0 spiro atoms. The van der Waals surface area contributed by atoms with Gasteiger partial charge < -0.3 is 10.4 Å². The van der Waals surface area contributed by atoms with Crippen molar-refractivity contribution in [2.45, 2.75) is 76.4 Å². The number of nitrogens with zero attached hydrogens (tertiary/aromatic N) is 2. The molecule has 2 N–H and O–H groups in total. The minimum Gasteiger partial charge on any atom is -0.480 e. The Hall–Kier alpha value is -0.850. The molecule has 1 aliphatic carbocycles. The van der Waals surface area contributed by atoms with Crippen LogP contribution < -0.4 is 5.32 Å². The molecule has 2 unspecified atom stereocenters. The van der Waals surface area contributed by atoms with Crippen LogP contribution in [0.3, 0.4) is 0 Å². The van der Waals surface area contributed by atoms with Crippen molar-refractivity contribution in [2.75, 3.05) is 26.7 Å². The molecule has 0 aromatic rings. The number of likely N-dealkylation sites (N-methyl/N-ethyl adjacent to an activating group) is 1. The van der Waals surface area contributed by atoms with Gasteiger partial charge in [0, 0.05) is 18.6 Å². The maximum atomic E-state index is 12.5. The molecule has 1 aliphatic heterocycles. The summed E-state index contributed by atoms with van der Waals surface area (Å²) in [7, 11) is 1.88. The van der Waals surface area contributed by atoms with Crippen molar-refractivity contribution in [3.8, 4) is 0 Å². The van der Waals surface area contributed by atoms with E-state index >= 15 is 0 Å². The van der Waals surface area contributed by atoms with Gasteiger partial charge >= 0.3 is 5.97 Å². The molecule has 2 atom stereocenters. The molecule has 25 heavy (non-hydrogen) atoms. The summed E-state index contributed by atoms with van der Waals surface area (Å²) in [5.41, 5.74) is 0. The van der Waals surface area contributed by atoms with Gasteiger partial charge in [-0.05, 0) is 52.6 Å². The van der Waals surface area contributed by atoms with Crippen LogP contribution in [0.15, 0.2) is 0 Å². The highest BCUT2D eigenvalue weighted by molar-refractivity contribution is 5.85. The zero-order valence-electron chi connectivity index (χ0n) is 15.6. The molecule has 0 radical (unpaired) electrons. The Morgan fingerprint density at radius 1 is 1.12 bits per heavy atom. The first-order valence-corrected chi connectivity index (χ1v) is 9.44. The van der Waals surface area contributed by atoms with Gasteiger partial charge in [-0.1, -0.05) is 19.3 Å². The second-order valence-corrected chi connectivity index (χ2v) is 7.45. The number of aliphatic carboxylic acids is 1. The number of rotatable bonds is 6. The van der Waals surface area contributed by atoms with Crippen LogP contribution >= 0.6 is 12.4 Å². The summed E-state index contributed by atoms with van der Waals surface area (Å²) in [6.07, 6.45) is 8.89. The van der Waals surface area contributed by atoms with Crippen molar-refractivity contribution in [3.05, 3.63) is 0 Å². The normalized spacial score (nSPS) is 24.2. The Morgan fingerprint density at radius 2 is 1.80 bits per heavy atom. The van der Waals surface area contributed by atoms with Crippen LogP contribution in [0.25, 0.3) is 0 Å². The molecule has 0 aromatic heterocycles. The van der Waals surface area contributed by atoms with Crippen molar-refractivity contribution in [3.63, 3.8) is 0 Å². The van der Waals surface area contributed by atoms with Gasteiger partial charge in [0.25, 0.3) is 0 Å². The van der Waals surface area contributed by atoms with Crippen LogP contribution in [0.5, 0.6) is 0 Å². The molecular formula is C18H34ClN3O3. The highest BCUT2D eigenvalue weighted by Gasteiger charge is 2.28. The summed E-state index contributed by atoms with van der Waals surface area (Å²) >= 11 is 0. The van der Waals surface area contributed by atoms with Crippen LogP contribution in [0.2, 0.25) is 0 Å². The van der Waals surface area contributed by atoms with E-state index in [9.17, 15) is 9.59 Å². The van der Waals surface area contributed by atoms with Gasteiger partial charge in [-0.3, -0.25) is 19.4 Å². The number of carboxylic acids is 1. The zero-order valence-corrected chi connectivity index (χ0v) is 16.4. The number of carboxylic acid groups (broad SMARTS) is 1. The van der Waals surface area contributed by atoms with E-state index in [-0.39, 0.29) is 30.9 Å². The lowest BCUT2D eigenvalue weighted by Gasteiger charge is -2.30. The summed E-state index contributed by atoms with van der Waals surface area (Å²) in [4.78, 5) is 27.6. The minimum atomic E-state index is -0.779. The van der Waals surface area contributed by atoms with Gasteiger partial charge in [0.1, 0.15) is 0 Å². The second kappa shape index (κ2) is 11.0. The lowest BCUT2D eigenvalue weighted by molar-refractivity contribution is -0.138. The summed E-state index contributed by atoms with van der Waals surface area (Å²) in [5, 5.41) is 12.2. The predicted octanol–water partition coefficient (Wildman–Crippen LogP) is 2.12. The SMILES string of the molecule is CC(C(=O)NC1CCCCC1)N1CCCC(N(C)CC(=O)O)CC1.Cl. The summed E-state index contributed by atoms with van der Waals surface area (Å²) in [6.45, 7) is 3.85. The van der Waals surface area contributed by atoms with E-state index in [2.05, 4.69) is 10.2 Å². The molecule has 2 rings (SSSR count). The van der Waals surface area contributed by atoms with Gasteiger partial charge in [0.15, 0.2) is 0 Å². The number of nitrogens with one attached hydrogen (secondary N) is 1. The smallest absolute Gasteiger partial charge is 0.317 e. The van der Waals surface area contributed by atoms with Crippen LogP contribution in [0, 0.1) is 0 Å². The summed E-state index contributed by atoms with van der Waals surface area (Å²) in [6, 6.07) is 0.547. The van der Waals surface area contributed by atoms with E-state index in [4.69, 9.17) is 5.11 Å². The van der Waals surface area contributed by atoms with E-state index in [1.165, 1.54) is 19.3 Å². The van der Waals surface area contributed by atoms with E-state index in [0.717, 1.165) is 45.2 Å². The molecule has 7 heteroatoms. The van der Waals surface area contributed by atoms with Crippen molar-refractivity contribution in [2.24, 2.45) is 0 Å². The number of carbonyl (C=O) groups is 2. The van der Waals surface area contributed by atoms with Crippen molar-refractivity contribution >= 4 is 24.3 Å². The molecule has 6 nitrogen and oxygen atoms in total. The highest BCUT2D eigenvalue weighted by atomic mass is 35.5. The average molecular weight is 376 g/mol. The quantitative estimate of drug-likeness (QED) is 0.743. The fourth-order valence-electron chi connectivity index (χ4n) is 4.01. The molecule has 0 bridgehead atoms. The molecule has 1 saturated carbocycles. The third kappa shape index (κ3) is 7.12. The van der Waals surface area contributed by atoms with Gasteiger partial charge in [-0.15, -0.1) is 12.4 Å². The number of hydrogen-bond acceptors (Lipinski definition) is 4. The Morgan fingerprint density at radius 3 is 2.44 bits per heavy atom. The van der Waals surface area contributed by atoms with E-state index in [0.29, 0.717) is 12.1 Å². The van der Waals surface area contributed by atoms with Crippen LogP contribution in [-0.4, -0.2) is 71.6 Å². The highest BCUT2D eigenvalue weighted by Crippen LogP contribution is 2.19. The van der Waals surface area contributed by atoms with Crippen LogP contribution in [0.4, 0.5) is 0 Å². The first-order chi connectivity index (χ1) is 11.5. The van der Waals surface area contributed by atoms with E-state index in [1.807, 2.05) is 18.9 Å². The Bertz CT molecular complexity index is 430. The molecule has 2 fully saturated rings. The fraction of sp³-hybridized carbons (Fsp3) is 0.889. The molecule has 2 aliphatic rings. The molecular weight excluding hydrogens is 342 g/mol. The fourth-order valence-corrected chi connectivity index (χ4v) is 4.01. The monoisotopic (exact) mass is 375 g/mol. The van der Waals surface area contributed by atoms with Crippen molar-refractivity contribution in [1.82, 2.24) is 15.1 Å². The Labute approximate surface area is 157 Å². The number of amides is 1. The Kier molecular flexibility index (Phi) is 9.75. The molecule has 1 heterocycles. The van der Waals surface area contributed by atoms with Crippen LogP contribution in [-0.2, 0) is 9.59 Å². The first-order valence-electron chi connectivity index (χ1n) is 9.44. The van der Waals surface area contributed by atoms with Gasteiger partial charge in [-0.2, -0.15) is 0 Å². The number of hydrogen-bond donors (Lipinski definition) is 2. The van der Waals surface area contributed by atoms with Crippen LogP contribution in [0.1, 0.15) is 58.3 Å². The minimum absolute atomic E-state index is 0. The standard InChI is InChI=1S/C18H33N3O3.ClH/c1-14(18(24)19-15-7-4-3-5-8-15)21-11-6-9-16(10-12-21)20(2)13-17(22)23;/h14-16H,3-13H2,1-2H3,(H,19,24)(H,22,23);1H. The molecule has 0 aromatic carbocycles. The molecule has 1 saturated heterocycles. The van der Waals surface area contributed by atoms with E-state index in [1.54, 1.807) is 0 Å². The first kappa shape index (κ1) is 22.2. The van der Waals surface area contributed by atoms with E-state index < -0.39 is 5.97 Å². The number of likely N-dealkylation sites (tertiary alicyclic amines) is 1. The predicted molar refractivity (Wildman–Crippen MR) is 101 cm³/mol. The largest absolute Gasteiger partial charge is 0.480 e. The number of carbonyl (C=O) groups excluding carboxylic acids is 1. The van der Waals surface area contributed by atoms with Gasteiger partial charge in [-0.25, -0.2) is 0 Å². The maximum Gasteiger partial charge on any atom is 0.317 e. The zero-order chi connectivity index (χ0) is 17.5. The third-order valence-electron chi connectivity index (χ3n) is 5.62. The van der Waals surface area contributed by atoms with Crippen molar-refractivity contribution < 1.29 is 14.7 Å². The van der Waals surface area contributed by atoms with Gasteiger partial charge in [0.2, 0.25) is 5.91 Å². The average Bonchev–Trinajstić information content (AvgIpc) is 2.80. The third-order valence-corrected chi connectivity index (χ3v) is 5.62. The summed E-state index contributed by atoms with van der Waals surface area (Å²) < 4.78 is 0. The van der Waals surface area contributed by atoms with Gasteiger partial charge in [0.05, 0.1) is 12.6 Å². The maximum absolute atomic E-state index is 12.5. The summed E-state index contributed by atoms with van der Waals surface area (Å²) in [5.74, 6) is -0.627. The lowest BCUT2D eigenvalue weighted by Crippen LogP contribution is -2.49. The second-order valence-electron chi connectivity index (χ2n) is 7.45. The topological polar surface area (TPSA) is 72.9 Å². The van der Waals surface area contributed by atoms with Crippen molar-refractivity contribution in [1.29, 1.82) is 0 Å². The molecule has 1 amide bonds. The Balaban J connectivity index is 0.00000312. The lowest BCUT2D eigenvalue weighted by atomic mass is 9.95. The number of halogens is 1. The molecule has 146 valence electrons.